The third-order valence-electron chi connectivity index (χ3n) is 3.39. The standard InChI is InChI=1S/C18H20BrNO3S/c1-12(24-15-6-4-5-14(19)10-15)18(21)20-11-13-7-8-16(22-2)17(9-13)23-3/h4-10,12H,11H2,1-3H3,(H,20,21). The van der Waals surface area contributed by atoms with Gasteiger partial charge >= 0.3 is 0 Å². The largest absolute Gasteiger partial charge is 0.493 e. The van der Waals surface area contributed by atoms with Crippen molar-refractivity contribution in [1.29, 1.82) is 0 Å². The maximum absolute atomic E-state index is 12.3. The van der Waals surface area contributed by atoms with Crippen LogP contribution in [0.3, 0.4) is 0 Å². The summed E-state index contributed by atoms with van der Waals surface area (Å²) in [5.74, 6) is 1.32. The van der Waals surface area contributed by atoms with E-state index in [9.17, 15) is 4.79 Å². The van der Waals surface area contributed by atoms with Crippen LogP contribution >= 0.6 is 27.7 Å². The first-order chi connectivity index (χ1) is 11.5. The van der Waals surface area contributed by atoms with Crippen molar-refractivity contribution in [3.63, 3.8) is 0 Å². The zero-order valence-corrected chi connectivity index (χ0v) is 16.2. The highest BCUT2D eigenvalue weighted by Gasteiger charge is 2.14. The van der Waals surface area contributed by atoms with E-state index in [0.717, 1.165) is 14.9 Å². The van der Waals surface area contributed by atoms with Crippen LogP contribution in [0.25, 0.3) is 0 Å². The van der Waals surface area contributed by atoms with Crippen LogP contribution in [0, 0.1) is 0 Å². The lowest BCUT2D eigenvalue weighted by Crippen LogP contribution is -2.30. The molecule has 0 heterocycles. The third kappa shape index (κ3) is 5.18. The maximum atomic E-state index is 12.3. The number of halogens is 1. The zero-order valence-electron chi connectivity index (χ0n) is 13.8. The van der Waals surface area contributed by atoms with Crippen LogP contribution in [0.4, 0.5) is 0 Å². The number of hydrogen-bond acceptors (Lipinski definition) is 4. The van der Waals surface area contributed by atoms with Gasteiger partial charge < -0.3 is 14.8 Å². The fraction of sp³-hybridized carbons (Fsp3) is 0.278. The average molecular weight is 410 g/mol. The summed E-state index contributed by atoms with van der Waals surface area (Å²) in [6.45, 7) is 2.35. The van der Waals surface area contributed by atoms with Gasteiger partial charge in [-0.25, -0.2) is 0 Å². The number of carbonyl (C=O) groups excluding carboxylic acids is 1. The van der Waals surface area contributed by atoms with Gasteiger partial charge in [0.1, 0.15) is 0 Å². The highest BCUT2D eigenvalue weighted by atomic mass is 79.9. The Hall–Kier alpha value is -1.66. The molecular formula is C18H20BrNO3S. The fourth-order valence-corrected chi connectivity index (χ4v) is 3.62. The molecule has 0 aliphatic heterocycles. The van der Waals surface area contributed by atoms with Crippen molar-refractivity contribution in [2.45, 2.75) is 23.6 Å². The summed E-state index contributed by atoms with van der Waals surface area (Å²) in [6.07, 6.45) is 0. The quantitative estimate of drug-likeness (QED) is 0.693. The number of nitrogens with one attached hydrogen (secondary N) is 1. The van der Waals surface area contributed by atoms with E-state index < -0.39 is 0 Å². The second-order valence-corrected chi connectivity index (χ2v) is 7.45. The number of ether oxygens (including phenoxy) is 2. The monoisotopic (exact) mass is 409 g/mol. The second-order valence-electron chi connectivity index (χ2n) is 5.12. The van der Waals surface area contributed by atoms with Gasteiger partial charge in [0.2, 0.25) is 5.91 Å². The van der Waals surface area contributed by atoms with Gasteiger partial charge in [-0.3, -0.25) is 4.79 Å². The number of carbonyl (C=O) groups is 1. The molecule has 1 atom stereocenters. The summed E-state index contributed by atoms with van der Waals surface area (Å²) in [7, 11) is 3.19. The molecule has 1 unspecified atom stereocenters. The number of methoxy groups -OCH3 is 2. The highest BCUT2D eigenvalue weighted by Crippen LogP contribution is 2.28. The van der Waals surface area contributed by atoms with Crippen molar-refractivity contribution in [1.82, 2.24) is 5.32 Å². The Morgan fingerprint density at radius 1 is 1.17 bits per heavy atom. The molecule has 0 fully saturated rings. The normalized spacial score (nSPS) is 11.7. The molecule has 0 saturated carbocycles. The molecule has 1 N–H and O–H groups in total. The minimum absolute atomic E-state index is 0.00485. The molecule has 2 rings (SSSR count). The lowest BCUT2D eigenvalue weighted by Gasteiger charge is -2.13. The van der Waals surface area contributed by atoms with Crippen molar-refractivity contribution >= 4 is 33.6 Å². The first-order valence-electron chi connectivity index (χ1n) is 7.44. The zero-order chi connectivity index (χ0) is 17.5. The van der Waals surface area contributed by atoms with Crippen LogP contribution in [0.1, 0.15) is 12.5 Å². The number of rotatable bonds is 7. The van der Waals surface area contributed by atoms with E-state index in [1.165, 1.54) is 11.8 Å². The molecule has 2 aromatic rings. The fourth-order valence-electron chi connectivity index (χ4n) is 2.12. The molecule has 2 aromatic carbocycles. The lowest BCUT2D eigenvalue weighted by atomic mass is 10.2. The molecule has 0 spiro atoms. The molecule has 0 aromatic heterocycles. The average Bonchev–Trinajstić information content (AvgIpc) is 2.59. The molecule has 128 valence electrons. The van der Waals surface area contributed by atoms with Crippen molar-refractivity contribution in [2.75, 3.05) is 14.2 Å². The molecule has 24 heavy (non-hydrogen) atoms. The van der Waals surface area contributed by atoms with E-state index >= 15 is 0 Å². The molecule has 0 aliphatic rings. The van der Waals surface area contributed by atoms with Crippen LogP contribution in [-0.4, -0.2) is 25.4 Å². The molecule has 6 heteroatoms. The summed E-state index contributed by atoms with van der Waals surface area (Å²) in [5, 5.41) is 2.77. The Kier molecular flexibility index (Phi) is 6.99. The van der Waals surface area contributed by atoms with Crippen molar-refractivity contribution in [3.05, 3.63) is 52.5 Å². The number of benzene rings is 2. The highest BCUT2D eigenvalue weighted by molar-refractivity contribution is 9.10. The number of thioether (sulfide) groups is 1. The Bertz CT molecular complexity index is 708. The summed E-state index contributed by atoms with van der Waals surface area (Å²) in [5.41, 5.74) is 0.959. The van der Waals surface area contributed by atoms with Crippen molar-refractivity contribution < 1.29 is 14.3 Å². The van der Waals surface area contributed by atoms with Crippen molar-refractivity contribution in [3.8, 4) is 11.5 Å². The SMILES string of the molecule is COc1ccc(CNC(=O)C(C)Sc2cccc(Br)c2)cc1OC. The van der Waals surface area contributed by atoms with Gasteiger partial charge in [-0.05, 0) is 42.8 Å². The Balaban J connectivity index is 1.92. The van der Waals surface area contributed by atoms with Gasteiger partial charge in [-0.15, -0.1) is 11.8 Å². The van der Waals surface area contributed by atoms with Gasteiger partial charge in [0.25, 0.3) is 0 Å². The number of hydrogen-bond donors (Lipinski definition) is 1. The molecule has 0 aliphatic carbocycles. The summed E-state index contributed by atoms with van der Waals surface area (Å²) >= 11 is 4.97. The Morgan fingerprint density at radius 3 is 2.58 bits per heavy atom. The predicted molar refractivity (Wildman–Crippen MR) is 101 cm³/mol. The first kappa shape index (κ1) is 18.7. The smallest absolute Gasteiger partial charge is 0.233 e. The van der Waals surface area contributed by atoms with Gasteiger partial charge in [0.05, 0.1) is 19.5 Å². The topological polar surface area (TPSA) is 47.6 Å². The summed E-state index contributed by atoms with van der Waals surface area (Å²) in [6, 6.07) is 13.5. The Morgan fingerprint density at radius 2 is 1.92 bits per heavy atom. The van der Waals surface area contributed by atoms with Crippen LogP contribution in [0.15, 0.2) is 51.8 Å². The maximum Gasteiger partial charge on any atom is 0.233 e. The van der Waals surface area contributed by atoms with E-state index in [2.05, 4.69) is 21.2 Å². The molecule has 0 radical (unpaired) electrons. The minimum atomic E-state index is -0.181. The van der Waals surface area contributed by atoms with Gasteiger partial charge in [0.15, 0.2) is 11.5 Å². The predicted octanol–water partition coefficient (Wildman–Crippen LogP) is 4.26. The number of amides is 1. The molecule has 0 saturated heterocycles. The molecular weight excluding hydrogens is 390 g/mol. The molecule has 0 bridgehead atoms. The van der Waals surface area contributed by atoms with Crippen molar-refractivity contribution in [2.24, 2.45) is 0 Å². The van der Waals surface area contributed by atoms with E-state index in [-0.39, 0.29) is 11.2 Å². The van der Waals surface area contributed by atoms with E-state index in [1.807, 2.05) is 49.4 Å². The van der Waals surface area contributed by atoms with Gasteiger partial charge in [-0.1, -0.05) is 28.1 Å². The first-order valence-corrected chi connectivity index (χ1v) is 9.11. The Labute approximate surface area is 155 Å². The minimum Gasteiger partial charge on any atom is -0.493 e. The molecule has 1 amide bonds. The van der Waals surface area contributed by atoms with Crippen LogP contribution in [0.2, 0.25) is 0 Å². The second kappa shape index (κ2) is 8.99. The van der Waals surface area contributed by atoms with Gasteiger partial charge in [0, 0.05) is 15.9 Å². The van der Waals surface area contributed by atoms with E-state index in [1.54, 1.807) is 14.2 Å². The lowest BCUT2D eigenvalue weighted by molar-refractivity contribution is -0.120. The van der Waals surface area contributed by atoms with Crippen LogP contribution in [0.5, 0.6) is 11.5 Å². The van der Waals surface area contributed by atoms with Crippen LogP contribution < -0.4 is 14.8 Å². The van der Waals surface area contributed by atoms with Gasteiger partial charge in [-0.2, -0.15) is 0 Å². The van der Waals surface area contributed by atoms with E-state index in [0.29, 0.717) is 18.0 Å². The summed E-state index contributed by atoms with van der Waals surface area (Å²) in [4.78, 5) is 13.3. The third-order valence-corrected chi connectivity index (χ3v) is 4.98. The van der Waals surface area contributed by atoms with E-state index in [4.69, 9.17) is 9.47 Å². The summed E-state index contributed by atoms with van der Waals surface area (Å²) < 4.78 is 11.5. The molecule has 4 nitrogen and oxygen atoms in total. The van der Waals surface area contributed by atoms with Crippen LogP contribution in [-0.2, 0) is 11.3 Å².